The number of anilines is 2. The molecule has 6 nitrogen and oxygen atoms in total. The minimum absolute atomic E-state index is 0.102. The van der Waals surface area contributed by atoms with Gasteiger partial charge in [-0.1, -0.05) is 18.5 Å². The molecule has 1 unspecified atom stereocenters. The largest absolute Gasteiger partial charge is 0.366 e. The zero-order valence-corrected chi connectivity index (χ0v) is 12.5. The number of benzene rings is 1. The van der Waals surface area contributed by atoms with Crippen molar-refractivity contribution in [3.8, 4) is 0 Å². The Hall–Kier alpha value is -1.63. The Bertz CT molecular complexity index is 530. The van der Waals surface area contributed by atoms with Crippen LogP contribution < -0.4 is 16.0 Å². The molecule has 0 aromatic heterocycles. The van der Waals surface area contributed by atoms with Gasteiger partial charge in [-0.3, -0.25) is 9.59 Å². The number of amides is 2. The van der Waals surface area contributed by atoms with Crippen LogP contribution in [0.3, 0.4) is 0 Å². The van der Waals surface area contributed by atoms with Gasteiger partial charge in [-0.2, -0.15) is 0 Å². The first-order valence-electron chi connectivity index (χ1n) is 6.82. The van der Waals surface area contributed by atoms with Gasteiger partial charge >= 0.3 is 0 Å². The minimum atomic E-state index is -0.538. The maximum Gasteiger partial charge on any atom is 0.254 e. The van der Waals surface area contributed by atoms with Crippen molar-refractivity contribution in [1.29, 1.82) is 0 Å². The van der Waals surface area contributed by atoms with Crippen LogP contribution in [-0.4, -0.2) is 37.6 Å². The second kappa shape index (κ2) is 7.40. The summed E-state index contributed by atoms with van der Waals surface area (Å²) in [4.78, 5) is 23.5. The molecule has 1 saturated heterocycles. The molecule has 0 bridgehead atoms. The van der Waals surface area contributed by atoms with Crippen LogP contribution in [-0.2, 0) is 14.3 Å². The maximum absolute atomic E-state index is 12.1. The number of halogens is 1. The van der Waals surface area contributed by atoms with Gasteiger partial charge in [0.1, 0.15) is 6.10 Å². The molecular weight excluding hydrogens is 294 g/mol. The smallest absolute Gasteiger partial charge is 0.254 e. The van der Waals surface area contributed by atoms with E-state index in [4.69, 9.17) is 16.3 Å². The third kappa shape index (κ3) is 4.42. The summed E-state index contributed by atoms with van der Waals surface area (Å²) in [7, 11) is 0. The molecule has 1 aliphatic rings. The molecule has 0 aliphatic carbocycles. The van der Waals surface area contributed by atoms with E-state index in [9.17, 15) is 9.59 Å². The van der Waals surface area contributed by atoms with Crippen LogP contribution >= 0.6 is 11.6 Å². The van der Waals surface area contributed by atoms with E-state index in [1.54, 1.807) is 25.1 Å². The fourth-order valence-corrected chi connectivity index (χ4v) is 2.06. The molecule has 2 rings (SSSR count). The summed E-state index contributed by atoms with van der Waals surface area (Å²) >= 11 is 6.07. The number of morpholine rings is 1. The summed E-state index contributed by atoms with van der Waals surface area (Å²) in [5.41, 5.74) is 1.04. The molecule has 1 aromatic rings. The monoisotopic (exact) mass is 311 g/mol. The van der Waals surface area contributed by atoms with Crippen molar-refractivity contribution in [2.24, 2.45) is 0 Å². The van der Waals surface area contributed by atoms with Crippen molar-refractivity contribution in [2.45, 2.75) is 19.4 Å². The molecule has 1 aromatic carbocycles. The Kier molecular flexibility index (Phi) is 5.55. The van der Waals surface area contributed by atoms with Gasteiger partial charge in [0.2, 0.25) is 5.91 Å². The lowest BCUT2D eigenvalue weighted by Crippen LogP contribution is -2.45. The molecule has 3 N–H and O–H groups in total. The molecule has 1 fully saturated rings. The van der Waals surface area contributed by atoms with Crippen LogP contribution in [0.1, 0.15) is 13.3 Å². The van der Waals surface area contributed by atoms with Crippen LogP contribution in [0.25, 0.3) is 0 Å². The number of carbonyl (C=O) groups is 2. The summed E-state index contributed by atoms with van der Waals surface area (Å²) in [5, 5.41) is 8.93. The van der Waals surface area contributed by atoms with Crippen LogP contribution in [0, 0.1) is 0 Å². The van der Waals surface area contributed by atoms with Gasteiger partial charge < -0.3 is 20.7 Å². The number of hydrogen-bond donors (Lipinski definition) is 3. The van der Waals surface area contributed by atoms with Gasteiger partial charge in [0.05, 0.1) is 17.3 Å². The number of hydrogen-bond acceptors (Lipinski definition) is 4. The predicted molar refractivity (Wildman–Crippen MR) is 81.6 cm³/mol. The molecule has 1 heterocycles. The van der Waals surface area contributed by atoms with Crippen molar-refractivity contribution in [3.63, 3.8) is 0 Å². The van der Waals surface area contributed by atoms with E-state index in [1.165, 1.54) is 0 Å². The Morgan fingerprint density at radius 3 is 2.90 bits per heavy atom. The normalized spacial score (nSPS) is 18.1. The highest BCUT2D eigenvalue weighted by atomic mass is 35.5. The lowest BCUT2D eigenvalue weighted by atomic mass is 10.2. The summed E-state index contributed by atoms with van der Waals surface area (Å²) in [5.74, 6) is -0.363. The first-order chi connectivity index (χ1) is 10.1. The Morgan fingerprint density at radius 2 is 2.24 bits per heavy atom. The van der Waals surface area contributed by atoms with E-state index in [-0.39, 0.29) is 11.8 Å². The highest BCUT2D eigenvalue weighted by Gasteiger charge is 2.22. The van der Waals surface area contributed by atoms with Gasteiger partial charge in [0, 0.05) is 25.2 Å². The molecule has 0 radical (unpaired) electrons. The first kappa shape index (κ1) is 15.8. The molecule has 7 heteroatoms. The second-order valence-corrected chi connectivity index (χ2v) is 5.06. The molecule has 0 saturated carbocycles. The lowest BCUT2D eigenvalue weighted by Gasteiger charge is -2.23. The summed E-state index contributed by atoms with van der Waals surface area (Å²) in [6, 6.07) is 4.94. The van der Waals surface area contributed by atoms with E-state index < -0.39 is 6.10 Å². The predicted octanol–water partition coefficient (Wildman–Crippen LogP) is 1.62. The molecule has 21 heavy (non-hydrogen) atoms. The van der Waals surface area contributed by atoms with Crippen molar-refractivity contribution < 1.29 is 14.3 Å². The van der Waals surface area contributed by atoms with E-state index >= 15 is 0 Å². The van der Waals surface area contributed by atoms with Crippen molar-refractivity contribution in [2.75, 3.05) is 30.3 Å². The van der Waals surface area contributed by atoms with Gasteiger partial charge in [0.15, 0.2) is 0 Å². The maximum atomic E-state index is 12.1. The molecular formula is C14H18ClN3O3. The standard InChI is InChI=1S/C14H18ClN3O3/c1-2-13(19)17-9-3-4-10(15)11(7-9)18-14(20)12-8-16-5-6-21-12/h3-4,7,12,16H,2,5-6,8H2,1H3,(H,17,19)(H,18,20). The minimum Gasteiger partial charge on any atom is -0.366 e. The highest BCUT2D eigenvalue weighted by Crippen LogP contribution is 2.26. The number of ether oxygens (including phenoxy) is 1. The van der Waals surface area contributed by atoms with E-state index in [1.807, 2.05) is 0 Å². The van der Waals surface area contributed by atoms with Gasteiger partial charge in [0.25, 0.3) is 5.91 Å². The number of nitrogens with one attached hydrogen (secondary N) is 3. The van der Waals surface area contributed by atoms with Crippen LogP contribution in [0.2, 0.25) is 5.02 Å². The third-order valence-electron chi connectivity index (χ3n) is 3.05. The van der Waals surface area contributed by atoms with E-state index in [0.717, 1.165) is 6.54 Å². The average molecular weight is 312 g/mol. The average Bonchev–Trinajstić information content (AvgIpc) is 2.51. The SMILES string of the molecule is CCC(=O)Nc1ccc(Cl)c(NC(=O)C2CNCCO2)c1. The molecule has 0 spiro atoms. The summed E-state index contributed by atoms with van der Waals surface area (Å²) < 4.78 is 5.38. The fraction of sp³-hybridized carbons (Fsp3) is 0.429. The zero-order chi connectivity index (χ0) is 15.2. The van der Waals surface area contributed by atoms with Crippen molar-refractivity contribution in [3.05, 3.63) is 23.2 Å². The van der Waals surface area contributed by atoms with Crippen LogP contribution in [0.4, 0.5) is 11.4 Å². The number of rotatable bonds is 4. The Balaban J connectivity index is 2.05. The second-order valence-electron chi connectivity index (χ2n) is 4.65. The fourth-order valence-electron chi connectivity index (χ4n) is 1.90. The van der Waals surface area contributed by atoms with Crippen LogP contribution in [0.15, 0.2) is 18.2 Å². The topological polar surface area (TPSA) is 79.5 Å². The van der Waals surface area contributed by atoms with E-state index in [2.05, 4.69) is 16.0 Å². The van der Waals surface area contributed by atoms with Gasteiger partial charge in [-0.05, 0) is 18.2 Å². The van der Waals surface area contributed by atoms with Crippen molar-refractivity contribution >= 4 is 34.8 Å². The van der Waals surface area contributed by atoms with Gasteiger partial charge in [-0.15, -0.1) is 0 Å². The van der Waals surface area contributed by atoms with Crippen LogP contribution in [0.5, 0.6) is 0 Å². The first-order valence-corrected chi connectivity index (χ1v) is 7.20. The molecule has 114 valence electrons. The lowest BCUT2D eigenvalue weighted by molar-refractivity contribution is -0.128. The number of carbonyl (C=O) groups excluding carboxylic acids is 2. The van der Waals surface area contributed by atoms with Crippen molar-refractivity contribution in [1.82, 2.24) is 5.32 Å². The Morgan fingerprint density at radius 1 is 1.43 bits per heavy atom. The Labute approximate surface area is 128 Å². The van der Waals surface area contributed by atoms with E-state index in [0.29, 0.717) is 36.0 Å². The highest BCUT2D eigenvalue weighted by molar-refractivity contribution is 6.34. The molecule has 2 amide bonds. The molecule has 1 aliphatic heterocycles. The quantitative estimate of drug-likeness (QED) is 0.789. The summed E-state index contributed by atoms with van der Waals surface area (Å²) in [6.45, 7) is 3.47. The van der Waals surface area contributed by atoms with Gasteiger partial charge in [-0.25, -0.2) is 0 Å². The summed E-state index contributed by atoms with van der Waals surface area (Å²) in [6.07, 6.45) is -0.157. The third-order valence-corrected chi connectivity index (χ3v) is 3.38. The zero-order valence-electron chi connectivity index (χ0n) is 11.7. The molecule has 1 atom stereocenters.